The van der Waals surface area contributed by atoms with Gasteiger partial charge in [-0.25, -0.2) is 0 Å². The Kier molecular flexibility index (Phi) is 4.71. The quantitative estimate of drug-likeness (QED) is 0.912. The summed E-state index contributed by atoms with van der Waals surface area (Å²) in [5.74, 6) is 1.48. The molecular formula is C18H20N2O2. The van der Waals surface area contributed by atoms with Crippen molar-refractivity contribution < 1.29 is 9.53 Å². The summed E-state index contributed by atoms with van der Waals surface area (Å²) >= 11 is 0. The third-order valence-electron chi connectivity index (χ3n) is 3.73. The standard InChI is InChI=1S/C18H20N2O2/c21-18(20-15-5-4-12-19-13-15)14-8-10-17(11-9-14)22-16-6-2-1-3-7-16/h1-3,6-11,15,19H,4-5,12-13H2,(H,20,21)/t15-/m0/s1. The van der Waals surface area contributed by atoms with Gasteiger partial charge in [-0.1, -0.05) is 18.2 Å². The molecule has 4 heteroatoms. The Morgan fingerprint density at radius 1 is 1.05 bits per heavy atom. The van der Waals surface area contributed by atoms with Crippen LogP contribution in [0.4, 0.5) is 0 Å². The minimum absolute atomic E-state index is 0.0278. The largest absolute Gasteiger partial charge is 0.457 e. The number of rotatable bonds is 4. The predicted molar refractivity (Wildman–Crippen MR) is 86.3 cm³/mol. The highest BCUT2D eigenvalue weighted by Gasteiger charge is 2.16. The molecule has 3 rings (SSSR count). The van der Waals surface area contributed by atoms with E-state index in [1.54, 1.807) is 12.1 Å². The van der Waals surface area contributed by atoms with Crippen LogP contribution in [-0.2, 0) is 0 Å². The average molecular weight is 296 g/mol. The SMILES string of the molecule is O=C(N[C@H]1CCCNC1)c1ccc(Oc2ccccc2)cc1. The number of ether oxygens (including phenoxy) is 1. The Morgan fingerprint density at radius 3 is 2.45 bits per heavy atom. The molecule has 0 aliphatic carbocycles. The number of amides is 1. The molecule has 2 aromatic rings. The molecule has 0 radical (unpaired) electrons. The number of carbonyl (C=O) groups is 1. The van der Waals surface area contributed by atoms with Crippen LogP contribution in [-0.4, -0.2) is 25.0 Å². The third kappa shape index (κ3) is 3.86. The van der Waals surface area contributed by atoms with Crippen molar-refractivity contribution in [3.63, 3.8) is 0 Å². The smallest absolute Gasteiger partial charge is 0.251 e. The van der Waals surface area contributed by atoms with Crippen molar-refractivity contribution in [1.82, 2.24) is 10.6 Å². The fourth-order valence-corrected chi connectivity index (χ4v) is 2.54. The van der Waals surface area contributed by atoms with Gasteiger partial charge in [-0.2, -0.15) is 0 Å². The molecule has 0 spiro atoms. The zero-order chi connectivity index (χ0) is 15.2. The maximum absolute atomic E-state index is 12.2. The van der Waals surface area contributed by atoms with Gasteiger partial charge < -0.3 is 15.4 Å². The lowest BCUT2D eigenvalue weighted by Crippen LogP contribution is -2.45. The Hall–Kier alpha value is -2.33. The van der Waals surface area contributed by atoms with Crippen LogP contribution in [0.3, 0.4) is 0 Å². The molecule has 1 heterocycles. The van der Waals surface area contributed by atoms with Crippen LogP contribution in [0, 0.1) is 0 Å². The first kappa shape index (κ1) is 14.6. The molecule has 0 bridgehead atoms. The minimum atomic E-state index is -0.0278. The molecule has 22 heavy (non-hydrogen) atoms. The Bertz CT molecular complexity index is 605. The van der Waals surface area contributed by atoms with Crippen LogP contribution in [0.25, 0.3) is 0 Å². The highest BCUT2D eigenvalue weighted by atomic mass is 16.5. The van der Waals surface area contributed by atoms with Gasteiger partial charge >= 0.3 is 0 Å². The lowest BCUT2D eigenvalue weighted by atomic mass is 10.1. The summed E-state index contributed by atoms with van der Waals surface area (Å²) in [5, 5.41) is 6.36. The summed E-state index contributed by atoms with van der Waals surface area (Å²) in [6, 6.07) is 17.1. The number of carbonyl (C=O) groups excluding carboxylic acids is 1. The maximum atomic E-state index is 12.2. The zero-order valence-corrected chi connectivity index (χ0v) is 12.4. The van der Waals surface area contributed by atoms with Crippen LogP contribution < -0.4 is 15.4 Å². The number of hydrogen-bond donors (Lipinski definition) is 2. The van der Waals surface area contributed by atoms with Crippen molar-refractivity contribution >= 4 is 5.91 Å². The van der Waals surface area contributed by atoms with E-state index in [1.807, 2.05) is 42.5 Å². The first-order valence-corrected chi connectivity index (χ1v) is 7.66. The lowest BCUT2D eigenvalue weighted by molar-refractivity contribution is 0.0930. The zero-order valence-electron chi connectivity index (χ0n) is 12.4. The van der Waals surface area contributed by atoms with E-state index < -0.39 is 0 Å². The molecule has 4 nitrogen and oxygen atoms in total. The summed E-state index contributed by atoms with van der Waals surface area (Å²) in [7, 11) is 0. The van der Waals surface area contributed by atoms with Crippen LogP contribution >= 0.6 is 0 Å². The third-order valence-corrected chi connectivity index (χ3v) is 3.73. The van der Waals surface area contributed by atoms with Crippen molar-refractivity contribution in [2.24, 2.45) is 0 Å². The molecule has 2 aromatic carbocycles. The molecule has 0 aromatic heterocycles. The molecule has 1 fully saturated rings. The van der Waals surface area contributed by atoms with Crippen molar-refractivity contribution in [2.75, 3.05) is 13.1 Å². The summed E-state index contributed by atoms with van der Waals surface area (Å²) in [4.78, 5) is 12.2. The van der Waals surface area contributed by atoms with Crippen LogP contribution in [0.1, 0.15) is 23.2 Å². The van der Waals surface area contributed by atoms with Gasteiger partial charge in [-0.15, -0.1) is 0 Å². The van der Waals surface area contributed by atoms with Crippen molar-refractivity contribution in [1.29, 1.82) is 0 Å². The molecule has 1 amide bonds. The normalized spacial score (nSPS) is 17.7. The van der Waals surface area contributed by atoms with Gasteiger partial charge in [0.25, 0.3) is 5.91 Å². The number of benzene rings is 2. The van der Waals surface area contributed by atoms with Gasteiger partial charge in [-0.05, 0) is 55.8 Å². The van der Waals surface area contributed by atoms with E-state index in [-0.39, 0.29) is 11.9 Å². The van der Waals surface area contributed by atoms with E-state index in [4.69, 9.17) is 4.74 Å². The first-order chi connectivity index (χ1) is 10.8. The van der Waals surface area contributed by atoms with Gasteiger partial charge in [0.1, 0.15) is 11.5 Å². The van der Waals surface area contributed by atoms with E-state index in [2.05, 4.69) is 10.6 Å². The lowest BCUT2D eigenvalue weighted by Gasteiger charge is -2.23. The average Bonchev–Trinajstić information content (AvgIpc) is 2.57. The molecule has 0 saturated carbocycles. The van der Waals surface area contributed by atoms with Gasteiger partial charge in [0.15, 0.2) is 0 Å². The molecule has 1 aliphatic heterocycles. The molecule has 1 saturated heterocycles. The Morgan fingerprint density at radius 2 is 1.77 bits per heavy atom. The second-order valence-electron chi connectivity index (χ2n) is 5.46. The molecule has 1 aliphatic rings. The molecular weight excluding hydrogens is 276 g/mol. The van der Waals surface area contributed by atoms with Crippen LogP contribution in [0.5, 0.6) is 11.5 Å². The summed E-state index contributed by atoms with van der Waals surface area (Å²) < 4.78 is 5.72. The number of piperidine rings is 1. The van der Waals surface area contributed by atoms with Gasteiger partial charge in [-0.3, -0.25) is 4.79 Å². The highest BCUT2D eigenvalue weighted by Crippen LogP contribution is 2.21. The predicted octanol–water partition coefficient (Wildman–Crippen LogP) is 2.96. The molecule has 1 atom stereocenters. The van der Waals surface area contributed by atoms with Gasteiger partial charge in [0.2, 0.25) is 0 Å². The molecule has 114 valence electrons. The van der Waals surface area contributed by atoms with E-state index >= 15 is 0 Å². The highest BCUT2D eigenvalue weighted by molar-refractivity contribution is 5.94. The molecule has 2 N–H and O–H groups in total. The van der Waals surface area contributed by atoms with Crippen LogP contribution in [0.2, 0.25) is 0 Å². The van der Waals surface area contributed by atoms with E-state index in [0.717, 1.165) is 37.4 Å². The minimum Gasteiger partial charge on any atom is -0.457 e. The van der Waals surface area contributed by atoms with E-state index in [0.29, 0.717) is 5.56 Å². The Balaban J connectivity index is 1.59. The van der Waals surface area contributed by atoms with E-state index in [1.165, 1.54) is 0 Å². The van der Waals surface area contributed by atoms with Crippen molar-refractivity contribution in [2.45, 2.75) is 18.9 Å². The summed E-state index contributed by atoms with van der Waals surface area (Å²) in [6.07, 6.45) is 2.14. The fraction of sp³-hybridized carbons (Fsp3) is 0.278. The number of nitrogens with one attached hydrogen (secondary N) is 2. The number of hydrogen-bond acceptors (Lipinski definition) is 3. The summed E-state index contributed by atoms with van der Waals surface area (Å²) in [6.45, 7) is 1.89. The van der Waals surface area contributed by atoms with Gasteiger partial charge in [0.05, 0.1) is 0 Å². The second-order valence-corrected chi connectivity index (χ2v) is 5.46. The van der Waals surface area contributed by atoms with E-state index in [9.17, 15) is 4.79 Å². The summed E-state index contributed by atoms with van der Waals surface area (Å²) in [5.41, 5.74) is 0.658. The Labute approximate surface area is 130 Å². The van der Waals surface area contributed by atoms with Crippen molar-refractivity contribution in [3.8, 4) is 11.5 Å². The monoisotopic (exact) mass is 296 g/mol. The molecule has 0 unspecified atom stereocenters. The van der Waals surface area contributed by atoms with Crippen molar-refractivity contribution in [3.05, 3.63) is 60.2 Å². The second kappa shape index (κ2) is 7.09. The number of para-hydroxylation sites is 1. The topological polar surface area (TPSA) is 50.4 Å². The first-order valence-electron chi connectivity index (χ1n) is 7.66. The fourth-order valence-electron chi connectivity index (χ4n) is 2.54. The van der Waals surface area contributed by atoms with Crippen LogP contribution in [0.15, 0.2) is 54.6 Å². The van der Waals surface area contributed by atoms with Gasteiger partial charge in [0, 0.05) is 18.2 Å². The maximum Gasteiger partial charge on any atom is 0.251 e.